The van der Waals surface area contributed by atoms with Crippen LogP contribution in [0, 0.1) is 0 Å². The van der Waals surface area contributed by atoms with Crippen molar-refractivity contribution in [2.75, 3.05) is 6.54 Å². The van der Waals surface area contributed by atoms with Gasteiger partial charge in [-0.2, -0.15) is 5.48 Å². The van der Waals surface area contributed by atoms with Gasteiger partial charge < -0.3 is 15.3 Å². The van der Waals surface area contributed by atoms with Crippen LogP contribution in [0.5, 0.6) is 0 Å². The molecule has 0 fully saturated rings. The lowest BCUT2D eigenvalue weighted by molar-refractivity contribution is -0.162. The molecule has 0 aliphatic rings. The zero-order chi connectivity index (χ0) is 15.7. The van der Waals surface area contributed by atoms with E-state index in [-0.39, 0.29) is 0 Å². The predicted molar refractivity (Wildman–Crippen MR) is 74.1 cm³/mol. The second-order valence-corrected chi connectivity index (χ2v) is 4.31. The Morgan fingerprint density at radius 2 is 1.90 bits per heavy atom. The minimum absolute atomic E-state index is 0.428. The minimum Gasteiger partial charge on any atom is -0.481 e. The summed E-state index contributed by atoms with van der Waals surface area (Å²) < 4.78 is 0. The Labute approximate surface area is 122 Å². The summed E-state index contributed by atoms with van der Waals surface area (Å²) in [7, 11) is 0. The summed E-state index contributed by atoms with van der Waals surface area (Å²) in [6, 6.07) is 8.79. The van der Waals surface area contributed by atoms with Crippen LogP contribution in [0.15, 0.2) is 30.3 Å². The second-order valence-electron chi connectivity index (χ2n) is 4.31. The van der Waals surface area contributed by atoms with Crippen LogP contribution in [0.2, 0.25) is 0 Å². The average molecular weight is 294 g/mol. The number of carbonyl (C=O) groups is 3. The molecule has 7 nitrogen and oxygen atoms in total. The van der Waals surface area contributed by atoms with Crippen molar-refractivity contribution < 1.29 is 24.3 Å². The van der Waals surface area contributed by atoms with E-state index in [0.29, 0.717) is 13.0 Å². The van der Waals surface area contributed by atoms with Crippen LogP contribution in [-0.4, -0.2) is 35.5 Å². The van der Waals surface area contributed by atoms with E-state index in [2.05, 4.69) is 10.2 Å². The van der Waals surface area contributed by atoms with Crippen LogP contribution in [0.4, 0.5) is 0 Å². The largest absolute Gasteiger partial charge is 0.481 e. The molecule has 1 rings (SSSR count). The molecular weight excluding hydrogens is 276 g/mol. The van der Waals surface area contributed by atoms with Gasteiger partial charge in [-0.1, -0.05) is 37.3 Å². The number of hydrogen-bond acceptors (Lipinski definition) is 5. The number of rotatable bonds is 7. The van der Waals surface area contributed by atoms with Crippen LogP contribution in [0.25, 0.3) is 0 Å². The zero-order valence-electron chi connectivity index (χ0n) is 11.7. The number of nitrogens with one attached hydrogen (secondary N) is 2. The van der Waals surface area contributed by atoms with Crippen molar-refractivity contribution in [3.8, 4) is 0 Å². The van der Waals surface area contributed by atoms with Gasteiger partial charge in [-0.3, -0.25) is 9.59 Å². The van der Waals surface area contributed by atoms with Gasteiger partial charge in [0.1, 0.15) is 6.42 Å². The first kappa shape index (κ1) is 16.6. The van der Waals surface area contributed by atoms with Gasteiger partial charge in [-0.25, -0.2) is 4.79 Å². The molecule has 1 amide bonds. The van der Waals surface area contributed by atoms with Crippen LogP contribution in [0.3, 0.4) is 0 Å². The summed E-state index contributed by atoms with van der Waals surface area (Å²) in [5, 5.41) is 11.4. The summed E-state index contributed by atoms with van der Waals surface area (Å²) in [5.41, 5.74) is 2.93. The van der Waals surface area contributed by atoms with Gasteiger partial charge in [0.2, 0.25) is 0 Å². The number of benzene rings is 1. The topological polar surface area (TPSA) is 105 Å². The Morgan fingerprint density at radius 3 is 2.48 bits per heavy atom. The maximum absolute atomic E-state index is 11.9. The zero-order valence-corrected chi connectivity index (χ0v) is 11.7. The van der Waals surface area contributed by atoms with Gasteiger partial charge in [-0.15, -0.1) is 0 Å². The number of carboxylic acids is 1. The average Bonchev–Trinajstić information content (AvgIpc) is 2.44. The summed E-state index contributed by atoms with van der Waals surface area (Å²) in [4.78, 5) is 37.7. The summed E-state index contributed by atoms with van der Waals surface area (Å²) in [5.74, 6) is -2.87. The van der Waals surface area contributed by atoms with Crippen molar-refractivity contribution in [1.82, 2.24) is 10.8 Å². The molecule has 1 aromatic rings. The molecule has 0 radical (unpaired) electrons. The molecule has 0 saturated carbocycles. The van der Waals surface area contributed by atoms with Crippen molar-refractivity contribution in [2.24, 2.45) is 0 Å². The molecule has 0 spiro atoms. The third-order valence-electron chi connectivity index (χ3n) is 2.61. The van der Waals surface area contributed by atoms with Gasteiger partial charge in [0.15, 0.2) is 0 Å². The summed E-state index contributed by atoms with van der Waals surface area (Å²) >= 11 is 0. The quantitative estimate of drug-likeness (QED) is 0.492. The van der Waals surface area contributed by atoms with E-state index in [4.69, 9.17) is 5.11 Å². The van der Waals surface area contributed by atoms with E-state index >= 15 is 0 Å². The molecule has 3 N–H and O–H groups in total. The number of carbonyl (C=O) groups excluding carboxylic acids is 2. The molecule has 7 heteroatoms. The van der Waals surface area contributed by atoms with E-state index in [1.54, 1.807) is 0 Å². The maximum Gasteiger partial charge on any atom is 0.343 e. The maximum atomic E-state index is 11.9. The van der Waals surface area contributed by atoms with Crippen LogP contribution in [0.1, 0.15) is 18.9 Å². The Morgan fingerprint density at radius 1 is 1.24 bits per heavy atom. The monoisotopic (exact) mass is 294 g/mol. The van der Waals surface area contributed by atoms with Crippen molar-refractivity contribution >= 4 is 17.8 Å². The number of carboxylic acid groups (broad SMARTS) is 1. The molecule has 114 valence electrons. The van der Waals surface area contributed by atoms with E-state index in [1.165, 1.54) is 0 Å². The lowest BCUT2D eigenvalue weighted by atomic mass is 10.1. The van der Waals surface area contributed by atoms with Gasteiger partial charge >= 0.3 is 11.9 Å². The lowest BCUT2D eigenvalue weighted by Gasteiger charge is -2.17. The minimum atomic E-state index is -1.32. The Kier molecular flexibility index (Phi) is 6.90. The molecule has 0 saturated heterocycles. The highest BCUT2D eigenvalue weighted by Gasteiger charge is 2.20. The fraction of sp³-hybridized carbons (Fsp3) is 0.357. The van der Waals surface area contributed by atoms with Gasteiger partial charge in [0.05, 0.1) is 6.04 Å². The van der Waals surface area contributed by atoms with Gasteiger partial charge in [0.25, 0.3) is 5.91 Å². The van der Waals surface area contributed by atoms with Crippen LogP contribution >= 0.6 is 0 Å². The van der Waals surface area contributed by atoms with Gasteiger partial charge in [0, 0.05) is 0 Å². The van der Waals surface area contributed by atoms with E-state index < -0.39 is 30.3 Å². The van der Waals surface area contributed by atoms with Crippen LogP contribution in [-0.2, 0) is 25.6 Å². The Balaban J connectivity index is 2.53. The summed E-state index contributed by atoms with van der Waals surface area (Å²) in [6.07, 6.45) is -0.373. The predicted octanol–water partition coefficient (Wildman–Crippen LogP) is 0.256. The van der Waals surface area contributed by atoms with E-state index in [1.807, 2.05) is 42.7 Å². The first-order valence-corrected chi connectivity index (χ1v) is 6.51. The first-order chi connectivity index (χ1) is 10.0. The third kappa shape index (κ3) is 6.53. The number of amides is 1. The van der Waals surface area contributed by atoms with Crippen molar-refractivity contribution in [3.05, 3.63) is 35.9 Å². The summed E-state index contributed by atoms with van der Waals surface area (Å²) in [6.45, 7) is 2.41. The van der Waals surface area contributed by atoms with Gasteiger partial charge in [-0.05, 0) is 18.5 Å². The third-order valence-corrected chi connectivity index (χ3v) is 2.61. The number of hydroxylamine groups is 1. The van der Waals surface area contributed by atoms with Crippen molar-refractivity contribution in [2.45, 2.75) is 25.8 Å². The molecular formula is C14H18N2O5. The normalized spacial score (nSPS) is 11.5. The molecule has 0 aromatic heterocycles. The fourth-order valence-electron chi connectivity index (χ4n) is 1.69. The highest BCUT2D eigenvalue weighted by molar-refractivity contribution is 5.91. The molecule has 1 aromatic carbocycles. The number of hydrogen-bond donors (Lipinski definition) is 3. The SMILES string of the molecule is CCNC(Cc1ccccc1)C(=O)NOC(=O)CC(=O)O. The second kappa shape index (κ2) is 8.70. The Hall–Kier alpha value is -2.41. The van der Waals surface area contributed by atoms with Crippen molar-refractivity contribution in [3.63, 3.8) is 0 Å². The molecule has 0 aliphatic heterocycles. The molecule has 0 bridgehead atoms. The highest BCUT2D eigenvalue weighted by atomic mass is 16.7. The number of aliphatic carboxylic acids is 1. The highest BCUT2D eigenvalue weighted by Crippen LogP contribution is 2.03. The molecule has 21 heavy (non-hydrogen) atoms. The van der Waals surface area contributed by atoms with Crippen molar-refractivity contribution in [1.29, 1.82) is 0 Å². The van der Waals surface area contributed by atoms with E-state index in [0.717, 1.165) is 5.56 Å². The molecule has 1 atom stereocenters. The standard InChI is InChI=1S/C14H18N2O5/c1-2-15-11(8-10-6-4-3-5-7-10)14(20)16-21-13(19)9-12(17)18/h3-7,11,15H,2,8-9H2,1H3,(H,16,20)(H,17,18). The van der Waals surface area contributed by atoms with Crippen LogP contribution < -0.4 is 10.8 Å². The fourth-order valence-corrected chi connectivity index (χ4v) is 1.69. The Bertz CT molecular complexity index is 489. The molecule has 1 unspecified atom stereocenters. The first-order valence-electron chi connectivity index (χ1n) is 6.51. The smallest absolute Gasteiger partial charge is 0.343 e. The number of likely N-dealkylation sites (N-methyl/N-ethyl adjacent to an activating group) is 1. The lowest BCUT2D eigenvalue weighted by Crippen LogP contribution is -2.46. The molecule has 0 heterocycles. The molecule has 0 aliphatic carbocycles. The van der Waals surface area contributed by atoms with E-state index in [9.17, 15) is 14.4 Å².